The van der Waals surface area contributed by atoms with Gasteiger partial charge in [0.2, 0.25) is 0 Å². The van der Waals surface area contributed by atoms with Gasteiger partial charge in [-0.05, 0) is 18.2 Å². The predicted octanol–water partition coefficient (Wildman–Crippen LogP) is 3.27. The van der Waals surface area contributed by atoms with Crippen LogP contribution in [0.15, 0.2) is 36.5 Å². The quantitative estimate of drug-likeness (QED) is 0.482. The average Bonchev–Trinajstić information content (AvgIpc) is 3.12. The van der Waals surface area contributed by atoms with Crippen LogP contribution < -0.4 is 9.47 Å². The molecule has 1 aromatic carbocycles. The highest BCUT2D eigenvalue weighted by Gasteiger charge is 2.34. The van der Waals surface area contributed by atoms with Crippen LogP contribution >= 0.6 is 0 Å². The van der Waals surface area contributed by atoms with Crippen molar-refractivity contribution in [2.24, 2.45) is 0 Å². The van der Waals surface area contributed by atoms with E-state index in [0.717, 1.165) is 24.1 Å². The molecule has 3 aromatic rings. The van der Waals surface area contributed by atoms with E-state index in [1.807, 2.05) is 0 Å². The maximum absolute atomic E-state index is 13.3. The summed E-state index contributed by atoms with van der Waals surface area (Å²) in [7, 11) is 2.56. The zero-order valence-corrected chi connectivity index (χ0v) is 14.5. The highest BCUT2D eigenvalue weighted by Crippen LogP contribution is 2.32. The molecule has 0 aliphatic rings. The molecule has 2 heterocycles. The van der Waals surface area contributed by atoms with Gasteiger partial charge in [-0.3, -0.25) is 10.1 Å². The van der Waals surface area contributed by atoms with E-state index >= 15 is 0 Å². The van der Waals surface area contributed by atoms with Gasteiger partial charge in [0.25, 0.3) is 5.95 Å². The van der Waals surface area contributed by atoms with Gasteiger partial charge >= 0.3 is 17.7 Å². The Kier molecular flexibility index (Phi) is 4.86. The highest BCUT2D eigenvalue weighted by molar-refractivity contribution is 5.62. The molecule has 0 spiro atoms. The van der Waals surface area contributed by atoms with Crippen molar-refractivity contribution < 1.29 is 27.6 Å². The Hall–Kier alpha value is -3.70. The monoisotopic (exact) mass is 395 g/mol. The molecule has 9 nitrogen and oxygen atoms in total. The fraction of sp³-hybridized carbons (Fsp3) is 0.188. The van der Waals surface area contributed by atoms with E-state index in [4.69, 9.17) is 9.47 Å². The van der Waals surface area contributed by atoms with E-state index in [0.29, 0.717) is 11.3 Å². The van der Waals surface area contributed by atoms with Crippen molar-refractivity contribution >= 4 is 5.69 Å². The van der Waals surface area contributed by atoms with Crippen molar-refractivity contribution in [2.75, 3.05) is 14.2 Å². The van der Waals surface area contributed by atoms with Crippen LogP contribution in [0.1, 0.15) is 5.69 Å². The molecule has 0 amide bonds. The summed E-state index contributed by atoms with van der Waals surface area (Å²) in [6.07, 6.45) is -3.89. The number of alkyl halides is 3. The van der Waals surface area contributed by atoms with Crippen LogP contribution in [0.25, 0.3) is 17.2 Å². The molecule has 0 atom stereocenters. The number of nitro groups is 1. The molecule has 0 bridgehead atoms. The van der Waals surface area contributed by atoms with Crippen LogP contribution in [-0.4, -0.2) is 38.9 Å². The summed E-state index contributed by atoms with van der Waals surface area (Å²) in [5, 5.41) is 14.8. The van der Waals surface area contributed by atoms with Crippen molar-refractivity contribution in [3.05, 3.63) is 52.3 Å². The second kappa shape index (κ2) is 7.13. The Bertz CT molecular complexity index is 1040. The van der Waals surface area contributed by atoms with Gasteiger partial charge in [0.05, 0.1) is 24.8 Å². The first-order valence-corrected chi connectivity index (χ1v) is 7.62. The average molecular weight is 395 g/mol. The molecule has 12 heteroatoms. The predicted molar refractivity (Wildman–Crippen MR) is 89.4 cm³/mol. The van der Waals surface area contributed by atoms with Gasteiger partial charge < -0.3 is 9.47 Å². The van der Waals surface area contributed by atoms with E-state index in [9.17, 15) is 23.3 Å². The number of hydrogen-bond donors (Lipinski definition) is 0. The van der Waals surface area contributed by atoms with E-state index in [2.05, 4.69) is 15.1 Å². The Labute approximate surface area is 155 Å². The first-order valence-electron chi connectivity index (χ1n) is 7.62. The van der Waals surface area contributed by atoms with Crippen molar-refractivity contribution in [3.8, 4) is 28.8 Å². The van der Waals surface area contributed by atoms with Gasteiger partial charge in [0.1, 0.15) is 11.9 Å². The minimum Gasteiger partial charge on any atom is -0.497 e. The normalized spacial score (nSPS) is 11.3. The molecule has 0 N–H and O–H groups in total. The van der Waals surface area contributed by atoms with Gasteiger partial charge in [-0.2, -0.15) is 17.9 Å². The highest BCUT2D eigenvalue weighted by atomic mass is 19.4. The summed E-state index contributed by atoms with van der Waals surface area (Å²) >= 11 is 0. The number of aromatic nitrogens is 4. The molecule has 0 unspecified atom stereocenters. The molecule has 28 heavy (non-hydrogen) atoms. The fourth-order valence-corrected chi connectivity index (χ4v) is 2.33. The lowest BCUT2D eigenvalue weighted by Crippen LogP contribution is -2.13. The van der Waals surface area contributed by atoms with Gasteiger partial charge in [-0.1, -0.05) is 12.1 Å². The van der Waals surface area contributed by atoms with Gasteiger partial charge in [-0.15, -0.1) is 5.10 Å². The topological polar surface area (TPSA) is 105 Å². The van der Waals surface area contributed by atoms with Crippen LogP contribution in [0.3, 0.4) is 0 Å². The molecule has 0 saturated heterocycles. The standard InChI is InChI=1S/C16H12F3N5O4/c1-27-10-5-3-4-9(6-10)11-7-13(16(17,18)19)21-15(20-11)23-8-12(24(25)26)14(22-23)28-2/h3-8H,1-2H3. The lowest BCUT2D eigenvalue weighted by Gasteiger charge is -2.11. The molecule has 146 valence electrons. The lowest BCUT2D eigenvalue weighted by molar-refractivity contribution is -0.385. The van der Waals surface area contributed by atoms with Crippen LogP contribution in [0.4, 0.5) is 18.9 Å². The number of ether oxygens (including phenoxy) is 2. The number of nitrogens with zero attached hydrogens (tertiary/aromatic N) is 5. The van der Waals surface area contributed by atoms with Crippen LogP contribution in [0, 0.1) is 10.1 Å². The largest absolute Gasteiger partial charge is 0.497 e. The fourth-order valence-electron chi connectivity index (χ4n) is 2.33. The van der Waals surface area contributed by atoms with Gasteiger partial charge in [0.15, 0.2) is 5.69 Å². The van der Waals surface area contributed by atoms with E-state index in [1.54, 1.807) is 18.2 Å². The second-order valence-electron chi connectivity index (χ2n) is 5.39. The summed E-state index contributed by atoms with van der Waals surface area (Å²) < 4.78 is 50.6. The molecular weight excluding hydrogens is 383 g/mol. The maximum Gasteiger partial charge on any atom is 0.433 e. The van der Waals surface area contributed by atoms with Crippen LogP contribution in [0.2, 0.25) is 0 Å². The zero-order valence-electron chi connectivity index (χ0n) is 14.5. The summed E-state index contributed by atoms with van der Waals surface area (Å²) in [6, 6.07) is 7.02. The molecule has 3 rings (SSSR count). The Morgan fingerprint density at radius 3 is 2.46 bits per heavy atom. The molecule has 2 aromatic heterocycles. The summed E-state index contributed by atoms with van der Waals surface area (Å²) in [4.78, 5) is 17.8. The van der Waals surface area contributed by atoms with Crippen molar-refractivity contribution in [1.82, 2.24) is 19.7 Å². The van der Waals surface area contributed by atoms with E-state index in [1.165, 1.54) is 13.2 Å². The van der Waals surface area contributed by atoms with Crippen LogP contribution in [0.5, 0.6) is 11.6 Å². The molecule has 0 aliphatic heterocycles. The first kappa shape index (κ1) is 19.1. The van der Waals surface area contributed by atoms with Crippen molar-refractivity contribution in [2.45, 2.75) is 6.18 Å². The van der Waals surface area contributed by atoms with E-state index in [-0.39, 0.29) is 11.6 Å². The molecule has 0 fully saturated rings. The number of hydrogen-bond acceptors (Lipinski definition) is 7. The Morgan fingerprint density at radius 2 is 1.89 bits per heavy atom. The first-order chi connectivity index (χ1) is 13.2. The second-order valence-corrected chi connectivity index (χ2v) is 5.39. The SMILES string of the molecule is COc1cccc(-c2cc(C(F)(F)F)nc(-n3cc([N+](=O)[O-])c(OC)n3)n2)c1. The van der Waals surface area contributed by atoms with Crippen molar-refractivity contribution in [1.29, 1.82) is 0 Å². The number of benzene rings is 1. The summed E-state index contributed by atoms with van der Waals surface area (Å²) in [5.41, 5.74) is -1.49. The van der Waals surface area contributed by atoms with E-state index < -0.39 is 28.4 Å². The molecule has 0 aliphatic carbocycles. The number of halogens is 3. The number of methoxy groups -OCH3 is 2. The maximum atomic E-state index is 13.3. The Morgan fingerprint density at radius 1 is 1.14 bits per heavy atom. The third kappa shape index (κ3) is 3.70. The minimum atomic E-state index is -4.77. The van der Waals surface area contributed by atoms with Crippen molar-refractivity contribution in [3.63, 3.8) is 0 Å². The lowest BCUT2D eigenvalue weighted by atomic mass is 10.1. The molecule has 0 saturated carbocycles. The summed E-state index contributed by atoms with van der Waals surface area (Å²) in [5.74, 6) is -0.462. The smallest absolute Gasteiger partial charge is 0.433 e. The molecule has 0 radical (unpaired) electrons. The third-order valence-corrected chi connectivity index (χ3v) is 3.63. The Balaban J connectivity index is 2.20. The third-order valence-electron chi connectivity index (χ3n) is 3.63. The minimum absolute atomic E-state index is 0.0617. The summed E-state index contributed by atoms with van der Waals surface area (Å²) in [6.45, 7) is 0. The van der Waals surface area contributed by atoms with Gasteiger partial charge in [0, 0.05) is 5.56 Å². The number of rotatable bonds is 5. The molecular formula is C16H12F3N5O4. The zero-order chi connectivity index (χ0) is 20.5. The van der Waals surface area contributed by atoms with Gasteiger partial charge in [-0.25, -0.2) is 9.97 Å². The van der Waals surface area contributed by atoms with Crippen LogP contribution in [-0.2, 0) is 6.18 Å².